The second-order valence-electron chi connectivity index (χ2n) is 5.00. The van der Waals surface area contributed by atoms with Gasteiger partial charge in [0, 0.05) is 25.3 Å². The molecule has 0 bridgehead atoms. The van der Waals surface area contributed by atoms with Crippen LogP contribution in [0, 0.1) is 6.92 Å². The van der Waals surface area contributed by atoms with Crippen LogP contribution in [-0.2, 0) is 0 Å². The molecular weight excluding hydrogens is 240 g/mol. The zero-order valence-electron chi connectivity index (χ0n) is 11.8. The number of nitrogens with one attached hydrogen (secondary N) is 1. The van der Waals surface area contributed by atoms with Gasteiger partial charge in [-0.3, -0.25) is 4.79 Å². The van der Waals surface area contributed by atoms with Crippen molar-refractivity contribution in [3.63, 3.8) is 0 Å². The molecular formula is C14H22N4O. The highest BCUT2D eigenvalue weighted by atomic mass is 16.2. The number of carbonyl (C=O) groups is 1. The molecule has 0 atom stereocenters. The molecule has 0 spiro atoms. The van der Waals surface area contributed by atoms with Gasteiger partial charge in [-0.15, -0.1) is 0 Å². The fraction of sp³-hybridized carbons (Fsp3) is 0.643. The molecule has 5 nitrogen and oxygen atoms in total. The van der Waals surface area contributed by atoms with E-state index in [1.54, 1.807) is 6.07 Å². The van der Waals surface area contributed by atoms with E-state index in [0.29, 0.717) is 11.6 Å². The lowest BCUT2D eigenvalue weighted by Crippen LogP contribution is -2.36. The molecule has 1 fully saturated rings. The third-order valence-electron chi connectivity index (χ3n) is 3.25. The lowest BCUT2D eigenvalue weighted by atomic mass is 10.1. The van der Waals surface area contributed by atoms with Crippen molar-refractivity contribution in [2.75, 3.05) is 25.0 Å². The van der Waals surface area contributed by atoms with Crippen LogP contribution in [-0.4, -0.2) is 40.4 Å². The first-order valence-corrected chi connectivity index (χ1v) is 7.09. The van der Waals surface area contributed by atoms with E-state index in [2.05, 4.69) is 22.2 Å². The quantitative estimate of drug-likeness (QED) is 0.904. The molecule has 2 rings (SSSR count). The Morgan fingerprint density at radius 2 is 2.05 bits per heavy atom. The number of aromatic nitrogens is 2. The normalized spacial score (nSPS) is 15.4. The maximum Gasteiger partial charge on any atom is 0.272 e. The molecule has 1 saturated heterocycles. The summed E-state index contributed by atoms with van der Waals surface area (Å²) in [6.07, 6.45) is 4.41. The molecule has 0 aliphatic carbocycles. The summed E-state index contributed by atoms with van der Waals surface area (Å²) in [5, 5.41) is 3.14. The van der Waals surface area contributed by atoms with Gasteiger partial charge in [0.25, 0.3) is 5.91 Å². The highest BCUT2D eigenvalue weighted by Crippen LogP contribution is 2.13. The smallest absolute Gasteiger partial charge is 0.272 e. The van der Waals surface area contributed by atoms with Crippen LogP contribution in [0.3, 0.4) is 0 Å². The minimum Gasteiger partial charge on any atom is -0.354 e. The molecule has 104 valence electrons. The molecule has 0 saturated carbocycles. The molecule has 1 aromatic rings. The molecule has 1 aliphatic rings. The van der Waals surface area contributed by atoms with Gasteiger partial charge in [-0.1, -0.05) is 6.92 Å². The van der Waals surface area contributed by atoms with E-state index in [1.807, 2.05) is 11.8 Å². The summed E-state index contributed by atoms with van der Waals surface area (Å²) in [7, 11) is 0. The average molecular weight is 262 g/mol. The number of aryl methyl sites for hydroxylation is 1. The lowest BCUT2D eigenvalue weighted by Gasteiger charge is -2.26. The lowest BCUT2D eigenvalue weighted by molar-refractivity contribution is 0.0718. The Morgan fingerprint density at radius 1 is 1.32 bits per heavy atom. The zero-order valence-corrected chi connectivity index (χ0v) is 11.8. The number of piperidine rings is 1. The van der Waals surface area contributed by atoms with Gasteiger partial charge >= 0.3 is 0 Å². The van der Waals surface area contributed by atoms with E-state index >= 15 is 0 Å². The second-order valence-corrected chi connectivity index (χ2v) is 5.00. The van der Waals surface area contributed by atoms with Crippen molar-refractivity contribution in [3.05, 3.63) is 17.5 Å². The summed E-state index contributed by atoms with van der Waals surface area (Å²) < 4.78 is 0. The predicted molar refractivity (Wildman–Crippen MR) is 75.3 cm³/mol. The first-order chi connectivity index (χ1) is 9.20. The zero-order chi connectivity index (χ0) is 13.7. The van der Waals surface area contributed by atoms with Crippen LogP contribution in [0.15, 0.2) is 6.07 Å². The van der Waals surface area contributed by atoms with E-state index < -0.39 is 0 Å². The van der Waals surface area contributed by atoms with Crippen molar-refractivity contribution in [2.24, 2.45) is 0 Å². The first kappa shape index (κ1) is 13.8. The third kappa shape index (κ3) is 3.66. The number of likely N-dealkylation sites (tertiary alicyclic amines) is 1. The number of anilines is 1. The predicted octanol–water partition coefficient (Wildman–Crippen LogP) is 2.23. The minimum atomic E-state index is 0.0322. The molecule has 0 unspecified atom stereocenters. The number of carbonyl (C=O) groups excluding carboxylic acids is 1. The number of nitrogens with zero attached hydrogens (tertiary/aromatic N) is 3. The summed E-state index contributed by atoms with van der Waals surface area (Å²) in [5.74, 6) is 0.590. The Balaban J connectivity index is 2.13. The Labute approximate surface area is 114 Å². The molecule has 0 radical (unpaired) electrons. The Hall–Kier alpha value is -1.65. The highest BCUT2D eigenvalue weighted by Gasteiger charge is 2.20. The molecule has 2 heterocycles. The monoisotopic (exact) mass is 262 g/mol. The van der Waals surface area contributed by atoms with E-state index in [4.69, 9.17) is 0 Å². The summed E-state index contributed by atoms with van der Waals surface area (Å²) in [4.78, 5) is 22.9. The van der Waals surface area contributed by atoms with Crippen molar-refractivity contribution in [2.45, 2.75) is 39.5 Å². The van der Waals surface area contributed by atoms with Crippen LogP contribution in [0.5, 0.6) is 0 Å². The van der Waals surface area contributed by atoms with Crippen molar-refractivity contribution in [3.8, 4) is 0 Å². The van der Waals surface area contributed by atoms with Gasteiger partial charge in [0.2, 0.25) is 5.95 Å². The van der Waals surface area contributed by atoms with E-state index in [9.17, 15) is 4.79 Å². The van der Waals surface area contributed by atoms with Crippen LogP contribution in [0.1, 0.15) is 48.8 Å². The van der Waals surface area contributed by atoms with Crippen LogP contribution in [0.2, 0.25) is 0 Å². The van der Waals surface area contributed by atoms with Crippen LogP contribution in [0.4, 0.5) is 5.95 Å². The molecule has 1 aliphatic heterocycles. The summed E-state index contributed by atoms with van der Waals surface area (Å²) >= 11 is 0. The second kappa shape index (κ2) is 6.50. The van der Waals surface area contributed by atoms with Crippen LogP contribution >= 0.6 is 0 Å². The topological polar surface area (TPSA) is 58.1 Å². The van der Waals surface area contributed by atoms with E-state index in [0.717, 1.165) is 44.6 Å². The fourth-order valence-electron chi connectivity index (χ4n) is 2.25. The first-order valence-electron chi connectivity index (χ1n) is 7.09. The summed E-state index contributed by atoms with van der Waals surface area (Å²) in [6, 6.07) is 1.77. The van der Waals surface area contributed by atoms with Gasteiger partial charge in [-0.25, -0.2) is 9.97 Å². The minimum absolute atomic E-state index is 0.0322. The van der Waals surface area contributed by atoms with Gasteiger partial charge in [0.15, 0.2) is 0 Å². The molecule has 1 N–H and O–H groups in total. The molecule has 19 heavy (non-hydrogen) atoms. The van der Waals surface area contributed by atoms with Gasteiger partial charge in [0.05, 0.1) is 0 Å². The van der Waals surface area contributed by atoms with Gasteiger partial charge in [0.1, 0.15) is 5.69 Å². The van der Waals surface area contributed by atoms with Gasteiger partial charge in [-0.2, -0.15) is 0 Å². The number of rotatable bonds is 4. The average Bonchev–Trinajstić information content (AvgIpc) is 2.44. The molecule has 1 amide bonds. The highest BCUT2D eigenvalue weighted by molar-refractivity contribution is 5.92. The van der Waals surface area contributed by atoms with Crippen molar-refractivity contribution in [1.82, 2.24) is 14.9 Å². The molecule has 5 heteroatoms. The largest absolute Gasteiger partial charge is 0.354 e. The van der Waals surface area contributed by atoms with Crippen molar-refractivity contribution < 1.29 is 4.79 Å². The Bertz CT molecular complexity index is 441. The summed E-state index contributed by atoms with van der Waals surface area (Å²) in [6.45, 7) is 6.49. The maximum absolute atomic E-state index is 12.4. The number of hydrogen-bond donors (Lipinski definition) is 1. The Kier molecular flexibility index (Phi) is 4.71. The number of amides is 1. The van der Waals surface area contributed by atoms with Crippen molar-refractivity contribution in [1.29, 1.82) is 0 Å². The van der Waals surface area contributed by atoms with Crippen LogP contribution in [0.25, 0.3) is 0 Å². The molecule has 1 aromatic heterocycles. The standard InChI is InChI=1S/C14H22N4O/c1-3-7-15-14-16-11(2)10-12(17-14)13(19)18-8-5-4-6-9-18/h10H,3-9H2,1-2H3,(H,15,16,17). The van der Waals surface area contributed by atoms with Crippen LogP contribution < -0.4 is 5.32 Å². The number of hydrogen-bond acceptors (Lipinski definition) is 4. The fourth-order valence-corrected chi connectivity index (χ4v) is 2.25. The summed E-state index contributed by atoms with van der Waals surface area (Å²) in [5.41, 5.74) is 1.34. The van der Waals surface area contributed by atoms with Gasteiger partial charge in [-0.05, 0) is 38.7 Å². The SMILES string of the molecule is CCCNc1nc(C)cc(C(=O)N2CCCCC2)n1. The van der Waals surface area contributed by atoms with Gasteiger partial charge < -0.3 is 10.2 Å². The third-order valence-corrected chi connectivity index (χ3v) is 3.25. The maximum atomic E-state index is 12.4. The van der Waals surface area contributed by atoms with E-state index in [1.165, 1.54) is 6.42 Å². The van der Waals surface area contributed by atoms with E-state index in [-0.39, 0.29) is 5.91 Å². The molecule has 0 aromatic carbocycles. The Morgan fingerprint density at radius 3 is 2.74 bits per heavy atom. The van der Waals surface area contributed by atoms with Crippen molar-refractivity contribution >= 4 is 11.9 Å².